The first-order chi connectivity index (χ1) is 11.9. The second-order valence-corrected chi connectivity index (χ2v) is 5.46. The van der Waals surface area contributed by atoms with Crippen LogP contribution >= 0.6 is 0 Å². The Kier molecular flexibility index (Phi) is 6.52. The number of rotatable bonds is 7. The molecule has 2 N–H and O–H groups in total. The number of halogens is 4. The van der Waals surface area contributed by atoms with Gasteiger partial charge >= 0.3 is 6.18 Å². The second kappa shape index (κ2) is 8.62. The Balaban J connectivity index is 1.68. The van der Waals surface area contributed by atoms with Crippen LogP contribution in [0, 0.1) is 5.82 Å². The first kappa shape index (κ1) is 18.9. The molecule has 2 rings (SSSR count). The molecular weight excluding hydrogens is 336 g/mol. The van der Waals surface area contributed by atoms with Crippen molar-refractivity contribution >= 4 is 11.6 Å². The summed E-state index contributed by atoms with van der Waals surface area (Å²) < 4.78 is 50.8. The molecule has 0 bridgehead atoms. The Morgan fingerprint density at radius 3 is 2.28 bits per heavy atom. The number of alkyl halides is 3. The number of carbonyl (C=O) groups excluding carboxylic acids is 1. The van der Waals surface area contributed by atoms with Crippen LogP contribution in [0.3, 0.4) is 0 Å². The SMILES string of the molecule is O=C(CCNCCc1ccccc1F)Nc1ccc(C(F)(F)F)cc1. The van der Waals surface area contributed by atoms with Gasteiger partial charge in [-0.2, -0.15) is 13.2 Å². The molecule has 0 unspecified atom stereocenters. The van der Waals surface area contributed by atoms with E-state index in [4.69, 9.17) is 0 Å². The maximum absolute atomic E-state index is 13.4. The zero-order valence-corrected chi connectivity index (χ0v) is 13.4. The lowest BCUT2D eigenvalue weighted by molar-refractivity contribution is -0.137. The summed E-state index contributed by atoms with van der Waals surface area (Å²) in [6, 6.07) is 10.7. The van der Waals surface area contributed by atoms with Gasteiger partial charge in [-0.1, -0.05) is 18.2 Å². The van der Waals surface area contributed by atoms with Gasteiger partial charge in [0.1, 0.15) is 5.82 Å². The Bertz CT molecular complexity index is 699. The standard InChI is InChI=1S/C18H18F4N2O/c19-16-4-2-1-3-13(16)9-11-23-12-10-17(25)24-15-7-5-14(6-8-15)18(20,21)22/h1-8,23H,9-12H2,(H,24,25). The lowest BCUT2D eigenvalue weighted by Gasteiger charge is -2.09. The van der Waals surface area contributed by atoms with E-state index in [0.29, 0.717) is 30.8 Å². The minimum Gasteiger partial charge on any atom is -0.326 e. The Hall–Kier alpha value is -2.41. The van der Waals surface area contributed by atoms with E-state index in [1.165, 1.54) is 18.2 Å². The van der Waals surface area contributed by atoms with Crippen molar-refractivity contribution in [2.45, 2.75) is 19.0 Å². The molecule has 0 atom stereocenters. The van der Waals surface area contributed by atoms with E-state index in [2.05, 4.69) is 10.6 Å². The summed E-state index contributed by atoms with van der Waals surface area (Å²) in [4.78, 5) is 11.7. The van der Waals surface area contributed by atoms with Gasteiger partial charge in [-0.15, -0.1) is 0 Å². The Morgan fingerprint density at radius 1 is 0.960 bits per heavy atom. The monoisotopic (exact) mass is 354 g/mol. The molecule has 2 aromatic carbocycles. The number of anilines is 1. The van der Waals surface area contributed by atoms with Crippen molar-refractivity contribution in [3.05, 3.63) is 65.5 Å². The van der Waals surface area contributed by atoms with Crippen molar-refractivity contribution in [3.63, 3.8) is 0 Å². The van der Waals surface area contributed by atoms with E-state index in [0.717, 1.165) is 12.1 Å². The number of nitrogens with one attached hydrogen (secondary N) is 2. The van der Waals surface area contributed by atoms with E-state index in [9.17, 15) is 22.4 Å². The summed E-state index contributed by atoms with van der Waals surface area (Å²) in [5.41, 5.74) is 0.147. The molecule has 7 heteroatoms. The van der Waals surface area contributed by atoms with Gasteiger partial charge < -0.3 is 10.6 Å². The quantitative estimate of drug-likeness (QED) is 0.583. The van der Waals surface area contributed by atoms with E-state index in [1.807, 2.05) is 0 Å². The maximum atomic E-state index is 13.4. The van der Waals surface area contributed by atoms with Crippen LogP contribution in [0.1, 0.15) is 17.5 Å². The number of amides is 1. The van der Waals surface area contributed by atoms with E-state index >= 15 is 0 Å². The van der Waals surface area contributed by atoms with Crippen molar-refractivity contribution in [2.24, 2.45) is 0 Å². The van der Waals surface area contributed by atoms with Crippen molar-refractivity contribution in [3.8, 4) is 0 Å². The molecule has 2 aromatic rings. The van der Waals surface area contributed by atoms with Crippen LogP contribution in [0.5, 0.6) is 0 Å². The first-order valence-electron chi connectivity index (χ1n) is 7.77. The minimum absolute atomic E-state index is 0.165. The van der Waals surface area contributed by atoms with E-state index in [-0.39, 0.29) is 18.1 Å². The molecule has 0 aliphatic rings. The average molecular weight is 354 g/mol. The summed E-state index contributed by atoms with van der Waals surface area (Å²) in [5, 5.41) is 5.56. The summed E-state index contributed by atoms with van der Waals surface area (Å²) in [7, 11) is 0. The summed E-state index contributed by atoms with van der Waals surface area (Å²) in [6.45, 7) is 0.912. The van der Waals surface area contributed by atoms with Gasteiger partial charge in [0, 0.05) is 18.7 Å². The van der Waals surface area contributed by atoms with Gasteiger partial charge in [0.05, 0.1) is 5.56 Å². The molecule has 0 fully saturated rings. The number of hydrogen-bond donors (Lipinski definition) is 2. The first-order valence-corrected chi connectivity index (χ1v) is 7.77. The van der Waals surface area contributed by atoms with Crippen molar-refractivity contribution in [1.82, 2.24) is 5.32 Å². The Labute approximate surface area is 143 Å². The predicted molar refractivity (Wildman–Crippen MR) is 87.7 cm³/mol. The lowest BCUT2D eigenvalue weighted by Crippen LogP contribution is -2.23. The van der Waals surface area contributed by atoms with E-state index < -0.39 is 11.7 Å². The van der Waals surface area contributed by atoms with Gasteiger partial charge in [-0.05, 0) is 48.9 Å². The van der Waals surface area contributed by atoms with Crippen molar-refractivity contribution in [1.29, 1.82) is 0 Å². The molecule has 3 nitrogen and oxygen atoms in total. The topological polar surface area (TPSA) is 41.1 Å². The van der Waals surface area contributed by atoms with Crippen LogP contribution in [-0.2, 0) is 17.4 Å². The van der Waals surface area contributed by atoms with Gasteiger partial charge in [0.15, 0.2) is 0 Å². The smallest absolute Gasteiger partial charge is 0.326 e. The third-order valence-electron chi connectivity index (χ3n) is 3.55. The molecule has 0 aliphatic heterocycles. The highest BCUT2D eigenvalue weighted by molar-refractivity contribution is 5.90. The summed E-state index contributed by atoms with van der Waals surface area (Å²) in [6.07, 6.45) is -3.73. The molecule has 0 aliphatic carbocycles. The number of benzene rings is 2. The summed E-state index contributed by atoms with van der Waals surface area (Å²) >= 11 is 0. The minimum atomic E-state index is -4.40. The van der Waals surface area contributed by atoms with Gasteiger partial charge in [-0.25, -0.2) is 4.39 Å². The molecule has 0 spiro atoms. The van der Waals surface area contributed by atoms with Crippen LogP contribution in [0.4, 0.5) is 23.2 Å². The highest BCUT2D eigenvalue weighted by Gasteiger charge is 2.29. The molecule has 1 amide bonds. The summed E-state index contributed by atoms with van der Waals surface area (Å²) in [5.74, 6) is -0.567. The van der Waals surface area contributed by atoms with Crippen LogP contribution in [0.2, 0.25) is 0 Å². The molecule has 0 saturated carbocycles. The van der Waals surface area contributed by atoms with Gasteiger partial charge in [0.2, 0.25) is 5.91 Å². The lowest BCUT2D eigenvalue weighted by atomic mass is 10.1. The molecule has 0 saturated heterocycles. The molecule has 25 heavy (non-hydrogen) atoms. The molecular formula is C18H18F4N2O. The zero-order chi connectivity index (χ0) is 18.3. The van der Waals surface area contributed by atoms with Crippen LogP contribution in [-0.4, -0.2) is 19.0 Å². The number of hydrogen-bond acceptors (Lipinski definition) is 2. The highest BCUT2D eigenvalue weighted by atomic mass is 19.4. The van der Waals surface area contributed by atoms with Crippen LogP contribution in [0.15, 0.2) is 48.5 Å². The normalized spacial score (nSPS) is 11.4. The highest BCUT2D eigenvalue weighted by Crippen LogP contribution is 2.29. The third kappa shape index (κ3) is 6.19. The fourth-order valence-corrected chi connectivity index (χ4v) is 2.22. The van der Waals surface area contributed by atoms with Gasteiger partial charge in [0.25, 0.3) is 0 Å². The average Bonchev–Trinajstić information content (AvgIpc) is 2.56. The fourth-order valence-electron chi connectivity index (χ4n) is 2.22. The maximum Gasteiger partial charge on any atom is 0.416 e. The predicted octanol–water partition coefficient (Wildman–Crippen LogP) is 4.01. The largest absolute Gasteiger partial charge is 0.416 e. The molecule has 134 valence electrons. The molecule has 0 heterocycles. The second-order valence-electron chi connectivity index (χ2n) is 5.46. The van der Waals surface area contributed by atoms with Crippen LogP contribution < -0.4 is 10.6 Å². The Morgan fingerprint density at radius 2 is 1.64 bits per heavy atom. The third-order valence-corrected chi connectivity index (χ3v) is 3.55. The van der Waals surface area contributed by atoms with Crippen molar-refractivity contribution < 1.29 is 22.4 Å². The van der Waals surface area contributed by atoms with Crippen molar-refractivity contribution in [2.75, 3.05) is 18.4 Å². The van der Waals surface area contributed by atoms with Crippen LogP contribution in [0.25, 0.3) is 0 Å². The molecule has 0 radical (unpaired) electrons. The van der Waals surface area contributed by atoms with Gasteiger partial charge in [-0.3, -0.25) is 4.79 Å². The molecule has 0 aromatic heterocycles. The zero-order valence-electron chi connectivity index (χ0n) is 13.4. The van der Waals surface area contributed by atoms with E-state index in [1.54, 1.807) is 18.2 Å². The fraction of sp³-hybridized carbons (Fsp3) is 0.278. The number of carbonyl (C=O) groups is 1.